The SMILES string of the molecule is CCCNC(=O)CCNC(=NC)N1CCN(Cc2cc(OC)c(OC)c(OC)c2)CC1.I. The molecule has 1 aromatic carbocycles. The topological polar surface area (TPSA) is 87.7 Å². The van der Waals surface area contributed by atoms with E-state index in [4.69, 9.17) is 14.2 Å². The average Bonchev–Trinajstić information content (AvgIpc) is 2.80. The molecule has 0 atom stereocenters. The van der Waals surface area contributed by atoms with Crippen molar-refractivity contribution < 1.29 is 19.0 Å². The third-order valence-electron chi connectivity index (χ3n) is 5.22. The zero-order chi connectivity index (χ0) is 22.6. The van der Waals surface area contributed by atoms with E-state index in [1.165, 1.54) is 0 Å². The van der Waals surface area contributed by atoms with E-state index in [9.17, 15) is 4.79 Å². The first-order chi connectivity index (χ1) is 15.1. The largest absolute Gasteiger partial charge is 0.493 e. The fourth-order valence-corrected chi connectivity index (χ4v) is 3.58. The molecule has 0 bridgehead atoms. The summed E-state index contributed by atoms with van der Waals surface area (Å²) in [5.74, 6) is 2.86. The Morgan fingerprint density at radius 1 is 1.00 bits per heavy atom. The lowest BCUT2D eigenvalue weighted by Gasteiger charge is -2.36. The number of rotatable bonds is 10. The number of benzene rings is 1. The Kier molecular flexibility index (Phi) is 13.2. The first-order valence-corrected chi connectivity index (χ1v) is 10.8. The summed E-state index contributed by atoms with van der Waals surface area (Å²) in [5.41, 5.74) is 1.11. The third kappa shape index (κ3) is 8.19. The number of hydrogen-bond acceptors (Lipinski definition) is 6. The van der Waals surface area contributed by atoms with E-state index in [0.29, 0.717) is 30.2 Å². The second-order valence-electron chi connectivity index (χ2n) is 7.37. The van der Waals surface area contributed by atoms with Crippen LogP contribution in [0.5, 0.6) is 17.2 Å². The van der Waals surface area contributed by atoms with Crippen molar-refractivity contribution in [2.24, 2.45) is 4.99 Å². The lowest BCUT2D eigenvalue weighted by molar-refractivity contribution is -0.120. The standard InChI is InChI=1S/C22H37N5O4.HI/c1-6-8-24-20(28)7-9-25-22(23-2)27-12-10-26(11-13-27)16-17-14-18(29-3)21(31-5)19(15-17)30-4;/h14-15H,6-13,16H2,1-5H3,(H,23,25)(H,24,28);1H. The first kappa shape index (κ1) is 28.1. The van der Waals surface area contributed by atoms with Crippen molar-refractivity contribution in [2.75, 3.05) is 67.6 Å². The Balaban J connectivity index is 0.00000512. The van der Waals surface area contributed by atoms with Crippen molar-refractivity contribution in [3.05, 3.63) is 17.7 Å². The number of carbonyl (C=O) groups is 1. The Morgan fingerprint density at radius 3 is 2.12 bits per heavy atom. The maximum atomic E-state index is 11.8. The molecular weight excluding hydrogens is 525 g/mol. The molecule has 32 heavy (non-hydrogen) atoms. The molecule has 10 heteroatoms. The van der Waals surface area contributed by atoms with E-state index in [0.717, 1.165) is 57.2 Å². The molecule has 1 fully saturated rings. The highest BCUT2D eigenvalue weighted by atomic mass is 127. The molecule has 0 aromatic heterocycles. The maximum Gasteiger partial charge on any atom is 0.221 e. The lowest BCUT2D eigenvalue weighted by Crippen LogP contribution is -2.52. The molecule has 1 amide bonds. The summed E-state index contributed by atoms with van der Waals surface area (Å²) in [7, 11) is 6.65. The van der Waals surface area contributed by atoms with Gasteiger partial charge in [-0.15, -0.1) is 24.0 Å². The summed E-state index contributed by atoms with van der Waals surface area (Å²) in [6, 6.07) is 4.00. The van der Waals surface area contributed by atoms with Crippen molar-refractivity contribution >= 4 is 35.8 Å². The third-order valence-corrected chi connectivity index (χ3v) is 5.22. The van der Waals surface area contributed by atoms with Gasteiger partial charge in [0, 0.05) is 59.3 Å². The van der Waals surface area contributed by atoms with Crippen LogP contribution in [0.15, 0.2) is 17.1 Å². The van der Waals surface area contributed by atoms with Gasteiger partial charge in [-0.3, -0.25) is 14.7 Å². The van der Waals surface area contributed by atoms with Gasteiger partial charge in [0.1, 0.15) is 0 Å². The number of piperazine rings is 1. The number of methoxy groups -OCH3 is 3. The minimum atomic E-state index is 0. The van der Waals surface area contributed by atoms with Crippen LogP contribution in [0.2, 0.25) is 0 Å². The number of ether oxygens (including phenoxy) is 3. The van der Waals surface area contributed by atoms with Crippen LogP contribution >= 0.6 is 24.0 Å². The molecule has 182 valence electrons. The predicted molar refractivity (Wildman–Crippen MR) is 138 cm³/mol. The van der Waals surface area contributed by atoms with Gasteiger partial charge >= 0.3 is 0 Å². The molecule has 2 N–H and O–H groups in total. The minimum absolute atomic E-state index is 0. The molecule has 2 rings (SSSR count). The van der Waals surface area contributed by atoms with E-state index in [-0.39, 0.29) is 29.9 Å². The van der Waals surface area contributed by atoms with Crippen LogP contribution in [0.1, 0.15) is 25.3 Å². The van der Waals surface area contributed by atoms with Crippen molar-refractivity contribution in [2.45, 2.75) is 26.3 Å². The van der Waals surface area contributed by atoms with Crippen molar-refractivity contribution in [3.63, 3.8) is 0 Å². The zero-order valence-corrected chi connectivity index (χ0v) is 22.2. The molecule has 0 saturated carbocycles. The first-order valence-electron chi connectivity index (χ1n) is 10.8. The van der Waals surface area contributed by atoms with Crippen LogP contribution < -0.4 is 24.8 Å². The lowest BCUT2D eigenvalue weighted by atomic mass is 10.1. The number of carbonyl (C=O) groups excluding carboxylic acids is 1. The smallest absolute Gasteiger partial charge is 0.221 e. The Labute approximate surface area is 208 Å². The summed E-state index contributed by atoms with van der Waals surface area (Å²) < 4.78 is 16.3. The van der Waals surface area contributed by atoms with Crippen molar-refractivity contribution in [1.29, 1.82) is 0 Å². The zero-order valence-electron chi connectivity index (χ0n) is 19.9. The Morgan fingerprint density at radius 2 is 1.62 bits per heavy atom. The maximum absolute atomic E-state index is 11.8. The van der Waals surface area contributed by atoms with Gasteiger partial charge in [0.2, 0.25) is 11.7 Å². The van der Waals surface area contributed by atoms with Crippen LogP contribution in [0.3, 0.4) is 0 Å². The normalized spacial score (nSPS) is 14.4. The number of aliphatic imine (C=N–C) groups is 1. The molecule has 0 unspecified atom stereocenters. The Bertz CT molecular complexity index is 714. The number of amides is 1. The molecule has 0 radical (unpaired) electrons. The van der Waals surface area contributed by atoms with E-state index >= 15 is 0 Å². The van der Waals surface area contributed by atoms with Gasteiger partial charge in [-0.05, 0) is 24.1 Å². The number of nitrogens with zero attached hydrogens (tertiary/aromatic N) is 3. The molecule has 1 heterocycles. The Hall–Kier alpha value is -1.95. The molecule has 0 spiro atoms. The van der Waals surface area contributed by atoms with Gasteiger partial charge in [-0.2, -0.15) is 0 Å². The quantitative estimate of drug-likeness (QED) is 0.256. The van der Waals surface area contributed by atoms with Crippen LogP contribution in [-0.4, -0.2) is 89.3 Å². The predicted octanol–water partition coefficient (Wildman–Crippen LogP) is 1.94. The second-order valence-corrected chi connectivity index (χ2v) is 7.37. The van der Waals surface area contributed by atoms with Crippen LogP contribution in [0, 0.1) is 0 Å². The molecule has 1 aromatic rings. The van der Waals surface area contributed by atoms with Gasteiger partial charge < -0.3 is 29.7 Å². The number of hydrogen-bond donors (Lipinski definition) is 2. The van der Waals surface area contributed by atoms with Gasteiger partial charge in [-0.25, -0.2) is 0 Å². The van der Waals surface area contributed by atoms with Gasteiger partial charge in [0.05, 0.1) is 21.3 Å². The van der Waals surface area contributed by atoms with Gasteiger partial charge in [0.15, 0.2) is 17.5 Å². The van der Waals surface area contributed by atoms with Gasteiger partial charge in [0.25, 0.3) is 0 Å². The highest BCUT2D eigenvalue weighted by Gasteiger charge is 2.21. The summed E-state index contributed by atoms with van der Waals surface area (Å²) in [6.07, 6.45) is 1.39. The summed E-state index contributed by atoms with van der Waals surface area (Å²) in [4.78, 5) is 20.8. The van der Waals surface area contributed by atoms with E-state index in [2.05, 4.69) is 25.4 Å². The molecule has 1 aliphatic heterocycles. The summed E-state index contributed by atoms with van der Waals surface area (Å²) >= 11 is 0. The summed E-state index contributed by atoms with van der Waals surface area (Å²) in [5, 5.41) is 6.19. The summed E-state index contributed by atoms with van der Waals surface area (Å²) in [6.45, 7) is 7.70. The monoisotopic (exact) mass is 563 g/mol. The fraction of sp³-hybridized carbons (Fsp3) is 0.636. The molecule has 1 saturated heterocycles. The number of nitrogens with one attached hydrogen (secondary N) is 2. The number of guanidine groups is 1. The molecular formula is C22H38IN5O4. The average molecular weight is 563 g/mol. The van der Waals surface area contributed by atoms with E-state index in [1.807, 2.05) is 19.1 Å². The van der Waals surface area contributed by atoms with Crippen LogP contribution in [0.4, 0.5) is 0 Å². The van der Waals surface area contributed by atoms with Gasteiger partial charge in [-0.1, -0.05) is 6.92 Å². The van der Waals surface area contributed by atoms with Crippen molar-refractivity contribution in [3.8, 4) is 17.2 Å². The second kappa shape index (κ2) is 15.0. The molecule has 1 aliphatic rings. The van der Waals surface area contributed by atoms with Crippen molar-refractivity contribution in [1.82, 2.24) is 20.4 Å². The highest BCUT2D eigenvalue weighted by molar-refractivity contribution is 14.0. The fourth-order valence-electron chi connectivity index (χ4n) is 3.58. The van der Waals surface area contributed by atoms with E-state index in [1.54, 1.807) is 28.4 Å². The molecule has 0 aliphatic carbocycles. The van der Waals surface area contributed by atoms with Crippen LogP contribution in [0.25, 0.3) is 0 Å². The van der Waals surface area contributed by atoms with Crippen LogP contribution in [-0.2, 0) is 11.3 Å². The minimum Gasteiger partial charge on any atom is -0.493 e. The highest BCUT2D eigenvalue weighted by Crippen LogP contribution is 2.38. The van der Waals surface area contributed by atoms with E-state index < -0.39 is 0 Å². The number of halogens is 1. The molecule has 9 nitrogen and oxygen atoms in total.